The van der Waals surface area contributed by atoms with Gasteiger partial charge in [-0.25, -0.2) is 9.59 Å². The highest BCUT2D eigenvalue weighted by molar-refractivity contribution is 5.94. The molecule has 1 aliphatic heterocycles. The fourth-order valence-electron chi connectivity index (χ4n) is 2.57. The third kappa shape index (κ3) is 3.72. The molecular weight excluding hydrogens is 272 g/mol. The van der Waals surface area contributed by atoms with Gasteiger partial charge in [-0.05, 0) is 43.4 Å². The van der Waals surface area contributed by atoms with Crippen LogP contribution in [0.25, 0.3) is 0 Å². The monoisotopic (exact) mass is 292 g/mol. The first kappa shape index (κ1) is 15.3. The van der Waals surface area contributed by atoms with E-state index in [1.165, 1.54) is 6.07 Å². The number of nitrogens with one attached hydrogen (secondary N) is 1. The van der Waals surface area contributed by atoms with Crippen molar-refractivity contribution in [1.29, 1.82) is 0 Å². The van der Waals surface area contributed by atoms with Crippen LogP contribution in [-0.4, -0.2) is 46.8 Å². The molecule has 1 saturated heterocycles. The minimum Gasteiger partial charge on any atom is -0.478 e. The molecule has 0 saturated carbocycles. The molecule has 2 rings (SSSR count). The normalized spacial score (nSPS) is 17.8. The van der Waals surface area contributed by atoms with Crippen LogP contribution in [0, 0.1) is 12.8 Å². The van der Waals surface area contributed by atoms with Crippen LogP contribution in [0.1, 0.15) is 28.8 Å². The zero-order valence-electron chi connectivity index (χ0n) is 12.0. The van der Waals surface area contributed by atoms with Crippen molar-refractivity contribution >= 4 is 17.7 Å². The lowest BCUT2D eigenvalue weighted by molar-refractivity contribution is 0.0696. The predicted molar refractivity (Wildman–Crippen MR) is 78.5 cm³/mol. The van der Waals surface area contributed by atoms with Crippen molar-refractivity contribution in [2.45, 2.75) is 19.8 Å². The van der Waals surface area contributed by atoms with Gasteiger partial charge < -0.3 is 20.4 Å². The van der Waals surface area contributed by atoms with Gasteiger partial charge in [0.15, 0.2) is 0 Å². The molecule has 1 unspecified atom stereocenters. The second-order valence-corrected chi connectivity index (χ2v) is 5.38. The molecular formula is C15H20N2O4. The zero-order chi connectivity index (χ0) is 15.4. The summed E-state index contributed by atoms with van der Waals surface area (Å²) in [7, 11) is 0. The van der Waals surface area contributed by atoms with Crippen molar-refractivity contribution in [1.82, 2.24) is 4.90 Å². The third-order valence-corrected chi connectivity index (χ3v) is 3.83. The Morgan fingerprint density at radius 2 is 2.19 bits per heavy atom. The van der Waals surface area contributed by atoms with Crippen LogP contribution in [-0.2, 0) is 0 Å². The second kappa shape index (κ2) is 6.58. The largest absolute Gasteiger partial charge is 0.478 e. The van der Waals surface area contributed by atoms with Crippen molar-refractivity contribution in [3.63, 3.8) is 0 Å². The van der Waals surface area contributed by atoms with Gasteiger partial charge >= 0.3 is 12.0 Å². The van der Waals surface area contributed by atoms with Crippen LogP contribution < -0.4 is 5.32 Å². The smallest absolute Gasteiger partial charge is 0.336 e. The van der Waals surface area contributed by atoms with E-state index in [1.54, 1.807) is 24.0 Å². The van der Waals surface area contributed by atoms with Crippen molar-refractivity contribution < 1.29 is 19.8 Å². The predicted octanol–water partition coefficient (Wildman–Crippen LogP) is 1.93. The molecule has 114 valence electrons. The van der Waals surface area contributed by atoms with Crippen LogP contribution in [0.5, 0.6) is 0 Å². The number of carboxylic acids is 1. The van der Waals surface area contributed by atoms with Crippen LogP contribution in [0.4, 0.5) is 10.5 Å². The molecule has 1 atom stereocenters. The molecule has 0 bridgehead atoms. The number of hydrogen-bond acceptors (Lipinski definition) is 3. The highest BCUT2D eigenvalue weighted by Crippen LogP contribution is 2.21. The lowest BCUT2D eigenvalue weighted by Gasteiger charge is -2.17. The van der Waals surface area contributed by atoms with E-state index in [4.69, 9.17) is 10.2 Å². The second-order valence-electron chi connectivity index (χ2n) is 5.38. The Morgan fingerprint density at radius 3 is 2.86 bits per heavy atom. The molecule has 2 amide bonds. The van der Waals surface area contributed by atoms with E-state index >= 15 is 0 Å². The number of aromatic carboxylic acids is 1. The average molecular weight is 292 g/mol. The summed E-state index contributed by atoms with van der Waals surface area (Å²) >= 11 is 0. The maximum absolute atomic E-state index is 12.1. The summed E-state index contributed by atoms with van der Waals surface area (Å²) in [5.41, 5.74) is 1.32. The van der Waals surface area contributed by atoms with Gasteiger partial charge in [0.1, 0.15) is 0 Å². The molecule has 0 radical (unpaired) electrons. The van der Waals surface area contributed by atoms with Gasteiger partial charge in [-0.1, -0.05) is 6.07 Å². The van der Waals surface area contributed by atoms with E-state index in [-0.39, 0.29) is 18.2 Å². The molecule has 1 aliphatic rings. The van der Waals surface area contributed by atoms with E-state index in [0.717, 1.165) is 6.42 Å². The molecule has 1 heterocycles. The first-order valence-electron chi connectivity index (χ1n) is 7.02. The number of carbonyl (C=O) groups excluding carboxylic acids is 1. The highest BCUT2D eigenvalue weighted by Gasteiger charge is 2.25. The molecule has 21 heavy (non-hydrogen) atoms. The fraction of sp³-hybridized carbons (Fsp3) is 0.467. The molecule has 0 spiro atoms. The van der Waals surface area contributed by atoms with Gasteiger partial charge in [-0.2, -0.15) is 0 Å². The fourth-order valence-corrected chi connectivity index (χ4v) is 2.57. The number of likely N-dealkylation sites (tertiary alicyclic amines) is 1. The molecule has 1 fully saturated rings. The first-order chi connectivity index (χ1) is 10.0. The maximum Gasteiger partial charge on any atom is 0.336 e. The molecule has 0 aromatic heterocycles. The number of aryl methyl sites for hydroxylation is 1. The van der Waals surface area contributed by atoms with Gasteiger partial charge in [0.2, 0.25) is 0 Å². The number of aliphatic hydroxyl groups is 1. The van der Waals surface area contributed by atoms with E-state index in [1.807, 2.05) is 0 Å². The summed E-state index contributed by atoms with van der Waals surface area (Å²) in [4.78, 5) is 24.9. The third-order valence-electron chi connectivity index (χ3n) is 3.83. The number of carbonyl (C=O) groups is 2. The summed E-state index contributed by atoms with van der Waals surface area (Å²) < 4.78 is 0. The quantitative estimate of drug-likeness (QED) is 0.791. The Bertz CT molecular complexity index is 544. The summed E-state index contributed by atoms with van der Waals surface area (Å²) in [6.45, 7) is 3.15. The Hall–Kier alpha value is -2.08. The lowest BCUT2D eigenvalue weighted by Crippen LogP contribution is -2.33. The lowest BCUT2D eigenvalue weighted by atomic mass is 10.1. The topological polar surface area (TPSA) is 89.9 Å². The van der Waals surface area contributed by atoms with E-state index < -0.39 is 5.97 Å². The minimum absolute atomic E-state index is 0.139. The number of aliphatic hydroxyl groups excluding tert-OH is 1. The van der Waals surface area contributed by atoms with Crippen molar-refractivity contribution in [3.8, 4) is 0 Å². The van der Waals surface area contributed by atoms with Crippen molar-refractivity contribution in [3.05, 3.63) is 29.3 Å². The van der Waals surface area contributed by atoms with Crippen molar-refractivity contribution in [2.24, 2.45) is 5.92 Å². The molecule has 1 aromatic rings. The number of nitrogens with zero attached hydrogens (tertiary/aromatic N) is 1. The van der Waals surface area contributed by atoms with Gasteiger partial charge in [0.05, 0.1) is 5.56 Å². The van der Waals surface area contributed by atoms with Crippen LogP contribution in [0.2, 0.25) is 0 Å². The summed E-state index contributed by atoms with van der Waals surface area (Å²) in [5.74, 6) is -0.666. The van der Waals surface area contributed by atoms with Crippen molar-refractivity contribution in [2.75, 3.05) is 25.0 Å². The van der Waals surface area contributed by atoms with Gasteiger partial charge in [0.25, 0.3) is 0 Å². The highest BCUT2D eigenvalue weighted by atomic mass is 16.4. The molecule has 1 aromatic carbocycles. The SMILES string of the molecule is Cc1ccc(NC(=O)N2CCC(CCO)C2)cc1C(=O)O. The van der Waals surface area contributed by atoms with Gasteiger partial charge in [0, 0.05) is 25.4 Å². The summed E-state index contributed by atoms with van der Waals surface area (Å²) in [5, 5.41) is 20.7. The molecule has 3 N–H and O–H groups in total. The van der Waals surface area contributed by atoms with Gasteiger partial charge in [-0.15, -0.1) is 0 Å². The van der Waals surface area contributed by atoms with Gasteiger partial charge in [-0.3, -0.25) is 0 Å². The molecule has 6 nitrogen and oxygen atoms in total. The number of urea groups is 1. The number of hydrogen-bond donors (Lipinski definition) is 3. The average Bonchev–Trinajstić information content (AvgIpc) is 2.90. The number of carboxylic acid groups (broad SMARTS) is 1. The number of rotatable bonds is 4. The van der Waals surface area contributed by atoms with E-state index in [9.17, 15) is 9.59 Å². The molecule has 0 aliphatic carbocycles. The maximum atomic E-state index is 12.1. The number of amides is 2. The van der Waals surface area contributed by atoms with E-state index in [2.05, 4.69) is 5.32 Å². The van der Waals surface area contributed by atoms with Crippen LogP contribution >= 0.6 is 0 Å². The Morgan fingerprint density at radius 1 is 1.43 bits per heavy atom. The summed E-state index contributed by atoms with van der Waals surface area (Å²) in [6.07, 6.45) is 1.60. The zero-order valence-corrected chi connectivity index (χ0v) is 12.0. The number of anilines is 1. The Kier molecular flexibility index (Phi) is 4.80. The first-order valence-corrected chi connectivity index (χ1v) is 7.02. The molecule has 6 heteroatoms. The standard InChI is InChI=1S/C15H20N2O4/c1-10-2-3-12(8-13(10)14(19)20)16-15(21)17-6-4-11(9-17)5-7-18/h2-3,8,11,18H,4-7,9H2,1H3,(H,16,21)(H,19,20). The number of benzene rings is 1. The Balaban J connectivity index is 2.00. The van der Waals surface area contributed by atoms with Crippen LogP contribution in [0.15, 0.2) is 18.2 Å². The van der Waals surface area contributed by atoms with E-state index in [0.29, 0.717) is 36.7 Å². The minimum atomic E-state index is -1.01. The summed E-state index contributed by atoms with van der Waals surface area (Å²) in [6, 6.07) is 4.62. The Labute approximate surface area is 123 Å². The van der Waals surface area contributed by atoms with Crippen LogP contribution in [0.3, 0.4) is 0 Å².